The second-order valence-corrected chi connectivity index (χ2v) is 10.9. The van der Waals surface area contributed by atoms with Gasteiger partial charge in [-0.05, 0) is 22.6 Å². The van der Waals surface area contributed by atoms with Gasteiger partial charge in [0.2, 0.25) is 0 Å². The Morgan fingerprint density at radius 1 is 1.10 bits per heavy atom. The lowest BCUT2D eigenvalue weighted by Crippen LogP contribution is -2.38. The maximum atomic E-state index is 11.9. The highest BCUT2D eigenvalue weighted by molar-refractivity contribution is 14.1. The molecule has 17 nitrogen and oxygen atoms in total. The van der Waals surface area contributed by atoms with Gasteiger partial charge < -0.3 is 43.6 Å². The lowest BCUT2D eigenvalue weighted by Gasteiger charge is -2.37. The first kappa shape index (κ1) is 26.0. The Morgan fingerprint density at radius 2 is 1.70 bits per heavy atom. The number of aromatic nitrogens is 2. The number of aromatic amines is 1. The topological polar surface area (TPSA) is 276 Å². The molecular formula is C9H10IN2O15P3-4. The van der Waals surface area contributed by atoms with Crippen LogP contribution in [0.2, 0.25) is 0 Å². The zero-order valence-corrected chi connectivity index (χ0v) is 18.8. The molecule has 0 bridgehead atoms. The van der Waals surface area contributed by atoms with E-state index in [1.54, 1.807) is 22.6 Å². The molecule has 0 saturated carbocycles. The summed E-state index contributed by atoms with van der Waals surface area (Å²) in [7, 11) is -18.2. The average Bonchev–Trinajstić information content (AvgIpc) is 2.81. The second kappa shape index (κ2) is 9.29. The number of aliphatic hydroxyl groups excluding tert-OH is 2. The molecule has 1 aromatic rings. The summed E-state index contributed by atoms with van der Waals surface area (Å²) in [4.78, 5) is 68.2. The van der Waals surface area contributed by atoms with Gasteiger partial charge in [-0.2, -0.15) is 0 Å². The Labute approximate surface area is 178 Å². The molecule has 3 N–H and O–H groups in total. The number of rotatable bonds is 8. The minimum absolute atomic E-state index is 0.00915. The van der Waals surface area contributed by atoms with Crippen LogP contribution in [0, 0.1) is 3.57 Å². The second-order valence-electron chi connectivity index (χ2n) is 5.49. The number of hydrogen-bond donors (Lipinski definition) is 3. The number of H-pyrrole nitrogens is 1. The number of phosphoric acid groups is 3. The third-order valence-electron chi connectivity index (χ3n) is 3.33. The van der Waals surface area contributed by atoms with E-state index >= 15 is 0 Å². The van der Waals surface area contributed by atoms with E-state index in [9.17, 15) is 53.1 Å². The fourth-order valence-electron chi connectivity index (χ4n) is 2.19. The summed E-state index contributed by atoms with van der Waals surface area (Å²) in [6, 6.07) is 0. The minimum Gasteiger partial charge on any atom is -0.790 e. The SMILES string of the molecule is O=c1[nH]c(=O)n(C2OC(COP(=O)([O-])OP(=O)([O-])OP(=O)([O-])[O-])C(O)C2O)cc1I. The van der Waals surface area contributed by atoms with Crippen molar-refractivity contribution in [1.82, 2.24) is 9.55 Å². The Kier molecular flexibility index (Phi) is 8.03. The molecular weight excluding hydrogens is 596 g/mol. The highest BCUT2D eigenvalue weighted by Crippen LogP contribution is 2.60. The molecule has 6 atom stereocenters. The van der Waals surface area contributed by atoms with Gasteiger partial charge in [-0.3, -0.25) is 27.8 Å². The van der Waals surface area contributed by atoms with Crippen molar-refractivity contribution < 1.29 is 61.4 Å². The van der Waals surface area contributed by atoms with Crippen molar-refractivity contribution in [2.24, 2.45) is 0 Å². The molecule has 1 aliphatic heterocycles. The van der Waals surface area contributed by atoms with E-state index in [0.29, 0.717) is 4.57 Å². The predicted octanol–water partition coefficient (Wildman–Crippen LogP) is -4.42. The quantitative estimate of drug-likeness (QED) is 0.186. The zero-order valence-electron chi connectivity index (χ0n) is 14.0. The molecule has 1 aliphatic rings. The van der Waals surface area contributed by atoms with Crippen LogP contribution < -0.4 is 30.8 Å². The fourth-order valence-corrected chi connectivity index (χ4v) is 5.49. The van der Waals surface area contributed by atoms with Gasteiger partial charge in [-0.1, -0.05) is 0 Å². The van der Waals surface area contributed by atoms with Gasteiger partial charge in [0.15, 0.2) is 6.23 Å². The largest absolute Gasteiger partial charge is 0.790 e. The summed E-state index contributed by atoms with van der Waals surface area (Å²) in [5.74, 6) is 0. The monoisotopic (exact) mass is 606 g/mol. The normalized spacial score (nSPS) is 28.8. The van der Waals surface area contributed by atoms with Crippen molar-refractivity contribution in [1.29, 1.82) is 0 Å². The molecule has 1 saturated heterocycles. The highest BCUT2D eigenvalue weighted by atomic mass is 127. The molecule has 0 amide bonds. The molecule has 0 radical (unpaired) electrons. The van der Waals surface area contributed by atoms with E-state index in [1.807, 2.05) is 4.98 Å². The van der Waals surface area contributed by atoms with Crippen molar-refractivity contribution in [3.8, 4) is 0 Å². The van der Waals surface area contributed by atoms with E-state index in [2.05, 4.69) is 13.1 Å². The molecule has 2 heterocycles. The van der Waals surface area contributed by atoms with Gasteiger partial charge in [-0.25, -0.2) is 9.11 Å². The minimum atomic E-state index is -6.17. The van der Waals surface area contributed by atoms with Crippen LogP contribution >= 0.6 is 46.1 Å². The van der Waals surface area contributed by atoms with Crippen molar-refractivity contribution in [2.75, 3.05) is 6.61 Å². The van der Waals surface area contributed by atoms with E-state index in [0.717, 1.165) is 6.20 Å². The number of nitrogens with zero attached hydrogens (tertiary/aromatic N) is 1. The average molecular weight is 606 g/mol. The third-order valence-corrected chi connectivity index (χ3v) is 7.77. The summed E-state index contributed by atoms with van der Waals surface area (Å²) in [6.07, 6.45) is -5.94. The molecule has 30 heavy (non-hydrogen) atoms. The Balaban J connectivity index is 2.09. The summed E-state index contributed by atoms with van der Waals surface area (Å²) in [6.45, 7) is -1.17. The predicted molar refractivity (Wildman–Crippen MR) is 90.9 cm³/mol. The van der Waals surface area contributed by atoms with Crippen LogP contribution in [0.3, 0.4) is 0 Å². The molecule has 0 spiro atoms. The van der Waals surface area contributed by atoms with Gasteiger partial charge in [0, 0.05) is 6.20 Å². The summed E-state index contributed by atoms with van der Waals surface area (Å²) in [5, 5.41) is 20.0. The number of hydrogen-bond acceptors (Lipinski definition) is 15. The highest BCUT2D eigenvalue weighted by Gasteiger charge is 2.45. The first-order chi connectivity index (χ1) is 13.5. The van der Waals surface area contributed by atoms with Crippen molar-refractivity contribution in [2.45, 2.75) is 24.5 Å². The standard InChI is InChI=1S/C9H14IN2O15P3/c10-3-1-12(9(16)11-7(3)15)8-6(14)5(13)4(25-8)2-24-29(20,21)27-30(22,23)26-28(17,18)19/h1,4-6,8,13-14H,2H2,(H,20,21)(H,22,23)(H,11,15,16)(H2,17,18,19)/p-4. The molecule has 2 rings (SSSR count). The van der Waals surface area contributed by atoms with Gasteiger partial charge in [0.05, 0.1) is 18.0 Å². The maximum Gasteiger partial charge on any atom is 0.330 e. The molecule has 21 heteroatoms. The van der Waals surface area contributed by atoms with Crippen molar-refractivity contribution >= 4 is 46.1 Å². The van der Waals surface area contributed by atoms with Gasteiger partial charge in [0.1, 0.15) is 18.3 Å². The number of ether oxygens (including phenoxy) is 1. The molecule has 0 aromatic carbocycles. The van der Waals surface area contributed by atoms with Crippen LogP contribution in [0.1, 0.15) is 6.23 Å². The van der Waals surface area contributed by atoms with Gasteiger partial charge in [-0.15, -0.1) is 0 Å². The smallest absolute Gasteiger partial charge is 0.330 e. The van der Waals surface area contributed by atoms with Gasteiger partial charge >= 0.3 is 5.69 Å². The lowest BCUT2D eigenvalue weighted by atomic mass is 10.1. The number of nitrogens with one attached hydrogen (secondary N) is 1. The molecule has 172 valence electrons. The van der Waals surface area contributed by atoms with E-state index in [4.69, 9.17) is 4.74 Å². The zero-order chi connectivity index (χ0) is 23.1. The van der Waals surface area contributed by atoms with Crippen molar-refractivity contribution in [3.05, 3.63) is 30.6 Å². The first-order valence-corrected chi connectivity index (χ1v) is 12.7. The molecule has 6 unspecified atom stereocenters. The lowest BCUT2D eigenvalue weighted by molar-refractivity contribution is -0.339. The third kappa shape index (κ3) is 6.85. The number of halogens is 1. The maximum absolute atomic E-state index is 11.9. The Hall–Kier alpha value is -0.300. The van der Waals surface area contributed by atoms with Crippen LogP contribution in [0.5, 0.6) is 0 Å². The first-order valence-electron chi connectivity index (χ1n) is 7.25. The van der Waals surface area contributed by atoms with E-state index in [1.165, 1.54) is 0 Å². The van der Waals surface area contributed by atoms with Crippen LogP contribution in [0.15, 0.2) is 15.8 Å². The number of phosphoric ester groups is 1. The summed E-state index contributed by atoms with van der Waals surface area (Å²) >= 11 is 1.56. The van der Waals surface area contributed by atoms with E-state index in [-0.39, 0.29) is 3.57 Å². The van der Waals surface area contributed by atoms with Crippen LogP contribution in [-0.4, -0.2) is 44.7 Å². The van der Waals surface area contributed by atoms with Crippen molar-refractivity contribution in [3.63, 3.8) is 0 Å². The number of aliphatic hydroxyl groups is 2. The van der Waals surface area contributed by atoms with Crippen LogP contribution in [-0.2, 0) is 31.6 Å². The van der Waals surface area contributed by atoms with E-state index < -0.39 is 65.9 Å². The Morgan fingerprint density at radius 3 is 2.27 bits per heavy atom. The van der Waals surface area contributed by atoms with Crippen LogP contribution in [0.25, 0.3) is 0 Å². The Bertz CT molecular complexity index is 1050. The molecule has 0 aliphatic carbocycles. The molecule has 1 fully saturated rings. The molecule has 1 aromatic heterocycles. The fraction of sp³-hybridized carbons (Fsp3) is 0.556. The summed E-state index contributed by atoms with van der Waals surface area (Å²) < 4.78 is 49.1. The van der Waals surface area contributed by atoms with Crippen LogP contribution in [0.4, 0.5) is 0 Å². The summed E-state index contributed by atoms with van der Waals surface area (Å²) in [5.41, 5.74) is -1.76. The van der Waals surface area contributed by atoms with Gasteiger partial charge in [0.25, 0.3) is 21.2 Å².